The molecule has 0 fully saturated rings. The molecule has 0 aliphatic heterocycles. The molecule has 4 nitrogen and oxygen atoms in total. The second kappa shape index (κ2) is 3.47. The minimum Gasteiger partial charge on any atom is -0.325 e. The Morgan fingerprint density at radius 3 is 2.93 bits per heavy atom. The SMILES string of the molecule is CC(C)(N)Cc1nc2cc(Cl)ccn2n1. The maximum Gasteiger partial charge on any atom is 0.157 e. The third-order valence-corrected chi connectivity index (χ3v) is 2.19. The third kappa shape index (κ3) is 2.46. The molecule has 80 valence electrons. The van der Waals surface area contributed by atoms with Crippen LogP contribution in [0.3, 0.4) is 0 Å². The van der Waals surface area contributed by atoms with Gasteiger partial charge in [0.15, 0.2) is 11.5 Å². The molecule has 0 amide bonds. The second-order valence-electron chi connectivity index (χ2n) is 4.34. The zero-order chi connectivity index (χ0) is 11.1. The standard InChI is InChI=1S/C10H13ClN4/c1-10(2,12)6-8-13-9-5-7(11)3-4-15(9)14-8/h3-5H,6,12H2,1-2H3. The molecule has 0 unspecified atom stereocenters. The highest BCUT2D eigenvalue weighted by atomic mass is 35.5. The highest BCUT2D eigenvalue weighted by molar-refractivity contribution is 6.30. The van der Waals surface area contributed by atoms with E-state index in [1.165, 1.54) is 0 Å². The van der Waals surface area contributed by atoms with Crippen LogP contribution in [0.4, 0.5) is 0 Å². The van der Waals surface area contributed by atoms with Crippen LogP contribution < -0.4 is 5.73 Å². The van der Waals surface area contributed by atoms with Gasteiger partial charge in [0.25, 0.3) is 0 Å². The molecule has 2 heterocycles. The molecular weight excluding hydrogens is 212 g/mol. The van der Waals surface area contributed by atoms with Gasteiger partial charge >= 0.3 is 0 Å². The van der Waals surface area contributed by atoms with E-state index in [0.717, 1.165) is 11.5 Å². The lowest BCUT2D eigenvalue weighted by molar-refractivity contribution is 0.502. The average Bonchev–Trinajstić information content (AvgIpc) is 2.42. The predicted octanol–water partition coefficient (Wildman–Crippen LogP) is 1.66. The molecule has 15 heavy (non-hydrogen) atoms. The van der Waals surface area contributed by atoms with E-state index in [-0.39, 0.29) is 5.54 Å². The quantitative estimate of drug-likeness (QED) is 0.844. The minimum atomic E-state index is -0.297. The minimum absolute atomic E-state index is 0.297. The van der Waals surface area contributed by atoms with Crippen LogP contribution in [0.25, 0.3) is 5.65 Å². The molecule has 0 saturated carbocycles. The molecule has 2 N–H and O–H groups in total. The number of aromatic nitrogens is 3. The highest BCUT2D eigenvalue weighted by Crippen LogP contribution is 2.12. The highest BCUT2D eigenvalue weighted by Gasteiger charge is 2.15. The van der Waals surface area contributed by atoms with Crippen LogP contribution >= 0.6 is 11.6 Å². The summed E-state index contributed by atoms with van der Waals surface area (Å²) in [6.07, 6.45) is 2.43. The van der Waals surface area contributed by atoms with E-state index in [1.807, 2.05) is 13.8 Å². The fourth-order valence-electron chi connectivity index (χ4n) is 1.39. The van der Waals surface area contributed by atoms with Crippen molar-refractivity contribution in [2.75, 3.05) is 0 Å². The van der Waals surface area contributed by atoms with E-state index in [1.54, 1.807) is 22.8 Å². The van der Waals surface area contributed by atoms with Gasteiger partial charge in [-0.2, -0.15) is 5.10 Å². The van der Waals surface area contributed by atoms with Crippen molar-refractivity contribution in [3.8, 4) is 0 Å². The van der Waals surface area contributed by atoms with Gasteiger partial charge in [-0.25, -0.2) is 9.50 Å². The summed E-state index contributed by atoms with van der Waals surface area (Å²) in [6, 6.07) is 3.56. The first-order chi connectivity index (χ1) is 6.94. The van der Waals surface area contributed by atoms with Gasteiger partial charge in [-0.1, -0.05) is 11.6 Å². The maximum absolute atomic E-state index is 5.90. The molecule has 0 aromatic carbocycles. The van der Waals surface area contributed by atoms with Crippen LogP contribution in [-0.4, -0.2) is 20.1 Å². The Hall–Kier alpha value is -1.13. The summed E-state index contributed by atoms with van der Waals surface area (Å²) in [6.45, 7) is 3.90. The molecule has 0 saturated heterocycles. The number of rotatable bonds is 2. The summed E-state index contributed by atoms with van der Waals surface area (Å²) in [5.74, 6) is 0.741. The van der Waals surface area contributed by atoms with E-state index < -0.39 is 0 Å². The smallest absolute Gasteiger partial charge is 0.157 e. The number of nitrogens with zero attached hydrogens (tertiary/aromatic N) is 3. The lowest BCUT2D eigenvalue weighted by atomic mass is 10.0. The maximum atomic E-state index is 5.90. The van der Waals surface area contributed by atoms with Gasteiger partial charge in [0.05, 0.1) is 0 Å². The lowest BCUT2D eigenvalue weighted by Gasteiger charge is -2.14. The van der Waals surface area contributed by atoms with Crippen molar-refractivity contribution in [3.05, 3.63) is 29.2 Å². The van der Waals surface area contributed by atoms with Gasteiger partial charge < -0.3 is 5.73 Å². The van der Waals surface area contributed by atoms with Crippen molar-refractivity contribution in [2.24, 2.45) is 5.73 Å². The first kappa shape index (κ1) is 10.4. The van der Waals surface area contributed by atoms with Gasteiger partial charge in [-0.05, 0) is 19.9 Å². The van der Waals surface area contributed by atoms with E-state index in [9.17, 15) is 0 Å². The van der Waals surface area contributed by atoms with Crippen molar-refractivity contribution < 1.29 is 0 Å². The Kier molecular flexibility index (Phi) is 2.40. The second-order valence-corrected chi connectivity index (χ2v) is 4.78. The molecular formula is C10H13ClN4. The van der Waals surface area contributed by atoms with Crippen LogP contribution in [0.1, 0.15) is 19.7 Å². The molecule has 2 aromatic heterocycles. The van der Waals surface area contributed by atoms with Gasteiger partial charge in [0, 0.05) is 29.2 Å². The first-order valence-corrected chi connectivity index (χ1v) is 5.11. The summed E-state index contributed by atoms with van der Waals surface area (Å²) in [7, 11) is 0. The van der Waals surface area contributed by atoms with Gasteiger partial charge in [-0.3, -0.25) is 0 Å². The first-order valence-electron chi connectivity index (χ1n) is 4.74. The monoisotopic (exact) mass is 224 g/mol. The van der Waals surface area contributed by atoms with E-state index >= 15 is 0 Å². The number of fused-ring (bicyclic) bond motifs is 1. The Bertz CT molecular complexity index is 484. The number of pyridine rings is 1. The zero-order valence-electron chi connectivity index (χ0n) is 8.74. The van der Waals surface area contributed by atoms with E-state index in [0.29, 0.717) is 11.4 Å². The van der Waals surface area contributed by atoms with Crippen molar-refractivity contribution in [1.29, 1.82) is 0 Å². The fraction of sp³-hybridized carbons (Fsp3) is 0.400. The average molecular weight is 225 g/mol. The topological polar surface area (TPSA) is 56.2 Å². The number of nitrogens with two attached hydrogens (primary N) is 1. The number of halogens is 1. The molecule has 0 bridgehead atoms. The summed E-state index contributed by atoms with van der Waals surface area (Å²) < 4.78 is 1.70. The molecule has 0 aliphatic rings. The van der Waals surface area contributed by atoms with Crippen LogP contribution in [0.15, 0.2) is 18.3 Å². The predicted molar refractivity (Wildman–Crippen MR) is 60.0 cm³/mol. The normalized spacial score (nSPS) is 12.3. The molecule has 0 radical (unpaired) electrons. The number of hydrogen-bond acceptors (Lipinski definition) is 3. The van der Waals surface area contributed by atoms with Crippen molar-refractivity contribution >= 4 is 17.2 Å². The molecule has 0 aliphatic carbocycles. The summed E-state index contributed by atoms with van der Waals surface area (Å²) in [5, 5.41) is 4.97. The Labute approximate surface area is 93.1 Å². The largest absolute Gasteiger partial charge is 0.325 e. The van der Waals surface area contributed by atoms with Crippen molar-refractivity contribution in [2.45, 2.75) is 25.8 Å². The van der Waals surface area contributed by atoms with E-state index in [4.69, 9.17) is 17.3 Å². The molecule has 5 heteroatoms. The van der Waals surface area contributed by atoms with Crippen LogP contribution in [0, 0.1) is 0 Å². The Morgan fingerprint density at radius 1 is 1.53 bits per heavy atom. The summed E-state index contributed by atoms with van der Waals surface area (Å²) >= 11 is 5.86. The van der Waals surface area contributed by atoms with E-state index in [2.05, 4.69) is 10.1 Å². The zero-order valence-corrected chi connectivity index (χ0v) is 9.49. The molecule has 2 aromatic rings. The van der Waals surface area contributed by atoms with Gasteiger partial charge in [0.1, 0.15) is 0 Å². The Balaban J connectivity index is 2.39. The number of hydrogen-bond donors (Lipinski definition) is 1. The molecule has 0 spiro atoms. The van der Waals surface area contributed by atoms with Crippen molar-refractivity contribution in [3.63, 3.8) is 0 Å². The fourth-order valence-corrected chi connectivity index (χ4v) is 1.54. The van der Waals surface area contributed by atoms with Crippen molar-refractivity contribution in [1.82, 2.24) is 14.6 Å². The lowest BCUT2D eigenvalue weighted by Crippen LogP contribution is -2.34. The Morgan fingerprint density at radius 2 is 2.27 bits per heavy atom. The third-order valence-electron chi connectivity index (χ3n) is 1.96. The summed E-state index contributed by atoms with van der Waals surface area (Å²) in [5.41, 5.74) is 6.36. The summed E-state index contributed by atoms with van der Waals surface area (Å²) in [4.78, 5) is 4.35. The molecule has 0 atom stereocenters. The van der Waals surface area contributed by atoms with Crippen LogP contribution in [0.2, 0.25) is 5.02 Å². The van der Waals surface area contributed by atoms with Gasteiger partial charge in [-0.15, -0.1) is 0 Å². The van der Waals surface area contributed by atoms with Crippen LogP contribution in [-0.2, 0) is 6.42 Å². The van der Waals surface area contributed by atoms with Crippen LogP contribution in [0.5, 0.6) is 0 Å². The van der Waals surface area contributed by atoms with Gasteiger partial charge in [0.2, 0.25) is 0 Å². The molecule has 2 rings (SSSR count).